The zero-order valence-corrected chi connectivity index (χ0v) is 14.1. The fraction of sp³-hybridized carbons (Fsp3) is 0.533. The van der Waals surface area contributed by atoms with E-state index >= 15 is 0 Å². The first-order valence-corrected chi connectivity index (χ1v) is 8.44. The first-order chi connectivity index (χ1) is 10.7. The van der Waals surface area contributed by atoms with Crippen LogP contribution >= 0.6 is 11.3 Å². The smallest absolute Gasteiger partial charge is 0.339 e. The Balaban J connectivity index is 2.18. The summed E-state index contributed by atoms with van der Waals surface area (Å²) in [5.41, 5.74) is 0.535. The number of anilines is 1. The van der Waals surface area contributed by atoms with Gasteiger partial charge in [0.15, 0.2) is 0 Å². The number of ether oxygens (including phenoxy) is 1. The lowest BCUT2D eigenvalue weighted by atomic mass is 10.2. The topological polar surface area (TPSA) is 67.3 Å². The molecule has 0 atom stereocenters. The van der Waals surface area contributed by atoms with Crippen molar-refractivity contribution >= 4 is 33.3 Å². The van der Waals surface area contributed by atoms with Crippen LogP contribution in [0.1, 0.15) is 31.1 Å². The van der Waals surface area contributed by atoms with Gasteiger partial charge in [-0.2, -0.15) is 0 Å². The van der Waals surface area contributed by atoms with E-state index < -0.39 is 0 Å². The van der Waals surface area contributed by atoms with E-state index in [2.05, 4.69) is 34.0 Å². The van der Waals surface area contributed by atoms with Crippen molar-refractivity contribution in [3.63, 3.8) is 0 Å². The maximum atomic E-state index is 12.0. The summed E-state index contributed by atoms with van der Waals surface area (Å²) in [5.74, 6) is 0.372. The number of esters is 1. The average molecular weight is 322 g/mol. The van der Waals surface area contributed by atoms with Crippen LogP contribution in [-0.4, -0.2) is 53.6 Å². The SMILES string of the molecule is CCOC(=O)c1csc2ncnc(NCCN(CC)CC)c12. The van der Waals surface area contributed by atoms with E-state index in [-0.39, 0.29) is 5.97 Å². The highest BCUT2D eigenvalue weighted by Gasteiger charge is 2.18. The van der Waals surface area contributed by atoms with Crippen molar-refractivity contribution < 1.29 is 9.53 Å². The van der Waals surface area contributed by atoms with Crippen molar-refractivity contribution in [3.8, 4) is 0 Å². The normalized spacial score (nSPS) is 11.1. The molecule has 0 fully saturated rings. The molecule has 0 radical (unpaired) electrons. The molecule has 2 rings (SSSR count). The lowest BCUT2D eigenvalue weighted by Gasteiger charge is -2.18. The first-order valence-electron chi connectivity index (χ1n) is 7.56. The van der Waals surface area contributed by atoms with Crippen molar-refractivity contribution in [2.24, 2.45) is 0 Å². The number of aromatic nitrogens is 2. The van der Waals surface area contributed by atoms with E-state index in [1.54, 1.807) is 12.3 Å². The molecule has 0 unspecified atom stereocenters. The summed E-state index contributed by atoms with van der Waals surface area (Å²) in [6, 6.07) is 0. The molecule has 0 aromatic carbocycles. The Morgan fingerprint density at radius 2 is 2.09 bits per heavy atom. The molecule has 22 heavy (non-hydrogen) atoms. The molecule has 0 aliphatic rings. The fourth-order valence-corrected chi connectivity index (χ4v) is 3.12. The number of nitrogens with zero attached hydrogens (tertiary/aromatic N) is 3. The Morgan fingerprint density at radius 1 is 1.32 bits per heavy atom. The number of nitrogens with one attached hydrogen (secondary N) is 1. The number of carbonyl (C=O) groups is 1. The maximum Gasteiger partial charge on any atom is 0.339 e. The van der Waals surface area contributed by atoms with Crippen LogP contribution in [0.2, 0.25) is 0 Å². The number of rotatable bonds is 8. The second-order valence-electron chi connectivity index (χ2n) is 4.73. The number of likely N-dealkylation sites (N-methyl/N-ethyl adjacent to an activating group) is 1. The third-order valence-electron chi connectivity index (χ3n) is 3.48. The Morgan fingerprint density at radius 3 is 2.77 bits per heavy atom. The predicted octanol–water partition coefficient (Wildman–Crippen LogP) is 2.62. The van der Waals surface area contributed by atoms with Gasteiger partial charge in [0.1, 0.15) is 17.0 Å². The lowest BCUT2D eigenvalue weighted by molar-refractivity contribution is 0.0529. The average Bonchev–Trinajstić information content (AvgIpc) is 2.97. The second-order valence-corrected chi connectivity index (χ2v) is 5.58. The zero-order valence-electron chi connectivity index (χ0n) is 13.3. The monoisotopic (exact) mass is 322 g/mol. The van der Waals surface area contributed by atoms with Crippen LogP contribution in [0.25, 0.3) is 10.2 Å². The van der Waals surface area contributed by atoms with Crippen molar-refractivity contribution in [1.29, 1.82) is 0 Å². The van der Waals surface area contributed by atoms with Gasteiger partial charge in [0.05, 0.1) is 17.6 Å². The highest BCUT2D eigenvalue weighted by molar-refractivity contribution is 7.17. The maximum absolute atomic E-state index is 12.0. The van der Waals surface area contributed by atoms with Gasteiger partial charge < -0.3 is 15.0 Å². The molecule has 7 heteroatoms. The molecule has 1 N–H and O–H groups in total. The van der Waals surface area contributed by atoms with Crippen molar-refractivity contribution in [2.45, 2.75) is 20.8 Å². The van der Waals surface area contributed by atoms with E-state index in [0.29, 0.717) is 18.0 Å². The summed E-state index contributed by atoms with van der Waals surface area (Å²) < 4.78 is 5.10. The van der Waals surface area contributed by atoms with E-state index in [4.69, 9.17) is 4.74 Å². The van der Waals surface area contributed by atoms with Crippen LogP contribution in [0, 0.1) is 0 Å². The minimum Gasteiger partial charge on any atom is -0.462 e. The summed E-state index contributed by atoms with van der Waals surface area (Å²) in [7, 11) is 0. The van der Waals surface area contributed by atoms with Gasteiger partial charge in [-0.25, -0.2) is 14.8 Å². The van der Waals surface area contributed by atoms with Gasteiger partial charge in [0, 0.05) is 18.5 Å². The standard InChI is InChI=1S/C15H22N4O2S/c1-4-19(5-2)8-7-16-13-12-11(15(20)21-6-3)9-22-14(12)18-10-17-13/h9-10H,4-8H2,1-3H3,(H,16,17,18). The van der Waals surface area contributed by atoms with Crippen LogP contribution in [0.5, 0.6) is 0 Å². The molecule has 120 valence electrons. The summed E-state index contributed by atoms with van der Waals surface area (Å²) in [6.07, 6.45) is 1.52. The number of hydrogen-bond acceptors (Lipinski definition) is 7. The quantitative estimate of drug-likeness (QED) is 0.754. The summed E-state index contributed by atoms with van der Waals surface area (Å²) in [4.78, 5) is 23.7. The Bertz CT molecular complexity index is 625. The highest BCUT2D eigenvalue weighted by Crippen LogP contribution is 2.29. The second kappa shape index (κ2) is 8.05. The molecule has 0 saturated heterocycles. The van der Waals surface area contributed by atoms with Gasteiger partial charge in [-0.3, -0.25) is 0 Å². The number of thiophene rings is 1. The van der Waals surface area contributed by atoms with Crippen LogP contribution in [0.4, 0.5) is 5.82 Å². The summed E-state index contributed by atoms with van der Waals surface area (Å²) >= 11 is 1.43. The van der Waals surface area contributed by atoms with Crippen molar-refractivity contribution in [1.82, 2.24) is 14.9 Å². The molecule has 0 aliphatic carbocycles. The van der Waals surface area contributed by atoms with Gasteiger partial charge in [0.2, 0.25) is 0 Å². The van der Waals surface area contributed by atoms with Crippen LogP contribution < -0.4 is 5.32 Å². The Hall–Kier alpha value is -1.73. The molecule has 6 nitrogen and oxygen atoms in total. The highest BCUT2D eigenvalue weighted by atomic mass is 32.1. The third kappa shape index (κ3) is 3.72. The van der Waals surface area contributed by atoms with Crippen LogP contribution in [0.15, 0.2) is 11.7 Å². The molecular weight excluding hydrogens is 300 g/mol. The minimum absolute atomic E-state index is 0.324. The zero-order chi connectivity index (χ0) is 15.9. The fourth-order valence-electron chi connectivity index (χ4n) is 2.24. The number of fused-ring (bicyclic) bond motifs is 1. The third-order valence-corrected chi connectivity index (χ3v) is 4.37. The number of hydrogen-bond donors (Lipinski definition) is 1. The van der Waals surface area contributed by atoms with Crippen molar-refractivity contribution in [2.75, 3.05) is 38.1 Å². The summed E-state index contributed by atoms with van der Waals surface area (Å²) in [5, 5.41) is 5.86. The van der Waals surface area contributed by atoms with Crippen molar-refractivity contribution in [3.05, 3.63) is 17.3 Å². The minimum atomic E-state index is -0.324. The number of carbonyl (C=O) groups excluding carboxylic acids is 1. The molecule has 2 heterocycles. The molecule has 0 amide bonds. The van der Waals surface area contributed by atoms with Gasteiger partial charge in [0.25, 0.3) is 0 Å². The lowest BCUT2D eigenvalue weighted by Crippen LogP contribution is -2.28. The molecule has 0 saturated carbocycles. The Kier molecular flexibility index (Phi) is 6.09. The summed E-state index contributed by atoms with van der Waals surface area (Å²) in [6.45, 7) is 10.2. The van der Waals surface area contributed by atoms with E-state index in [9.17, 15) is 4.79 Å². The van der Waals surface area contributed by atoms with Crippen LogP contribution in [-0.2, 0) is 4.74 Å². The van der Waals surface area contributed by atoms with Crippen LogP contribution in [0.3, 0.4) is 0 Å². The van der Waals surface area contributed by atoms with Gasteiger partial charge in [-0.05, 0) is 20.0 Å². The van der Waals surface area contributed by atoms with E-state index in [0.717, 1.165) is 36.4 Å². The van der Waals surface area contributed by atoms with Gasteiger partial charge in [-0.15, -0.1) is 11.3 Å². The molecule has 0 bridgehead atoms. The van der Waals surface area contributed by atoms with Gasteiger partial charge >= 0.3 is 5.97 Å². The predicted molar refractivity (Wildman–Crippen MR) is 89.6 cm³/mol. The molecule has 0 aliphatic heterocycles. The molecular formula is C15H22N4O2S. The molecule has 0 spiro atoms. The molecule has 2 aromatic rings. The first kappa shape index (κ1) is 16.6. The van der Waals surface area contributed by atoms with E-state index in [1.165, 1.54) is 17.7 Å². The molecule has 2 aromatic heterocycles. The largest absolute Gasteiger partial charge is 0.462 e. The Labute approximate surface area is 134 Å². The van der Waals surface area contributed by atoms with E-state index in [1.807, 2.05) is 0 Å². The van der Waals surface area contributed by atoms with Gasteiger partial charge in [-0.1, -0.05) is 13.8 Å².